The summed E-state index contributed by atoms with van der Waals surface area (Å²) < 4.78 is 6.59. The zero-order valence-electron chi connectivity index (χ0n) is 12.9. The van der Waals surface area contributed by atoms with E-state index in [1.165, 1.54) is 12.2 Å². The first-order valence-electron chi connectivity index (χ1n) is 7.08. The number of nitrogens with one attached hydrogen (secondary N) is 2. The van der Waals surface area contributed by atoms with Crippen LogP contribution in [0.3, 0.4) is 0 Å². The second-order valence-electron chi connectivity index (χ2n) is 5.16. The molecule has 2 aromatic heterocycles. The van der Waals surface area contributed by atoms with E-state index in [2.05, 4.69) is 15.4 Å². The number of H-pyrrole nitrogens is 1. The Kier molecular flexibility index (Phi) is 5.11. The lowest BCUT2D eigenvalue weighted by Gasteiger charge is -2.06. The van der Waals surface area contributed by atoms with E-state index in [1.807, 2.05) is 13.8 Å². The molecule has 7 heteroatoms. The molecule has 2 aromatic rings. The normalized spacial score (nSPS) is 11.6. The van der Waals surface area contributed by atoms with Crippen molar-refractivity contribution in [3.05, 3.63) is 34.3 Å². The Hall–Kier alpha value is -2.41. The number of hydrogen-bond acceptors (Lipinski definition) is 4. The smallest absolute Gasteiger partial charge is 0.256 e. The van der Waals surface area contributed by atoms with E-state index in [9.17, 15) is 9.59 Å². The van der Waals surface area contributed by atoms with E-state index < -0.39 is 0 Å². The molecule has 2 N–H and O–H groups in total. The van der Waals surface area contributed by atoms with Crippen LogP contribution in [0, 0.1) is 0 Å². The van der Waals surface area contributed by atoms with Crippen LogP contribution < -0.4 is 10.9 Å². The average Bonchev–Trinajstić information content (AvgIpc) is 2.88. The van der Waals surface area contributed by atoms with E-state index in [0.717, 1.165) is 5.39 Å². The first-order valence-corrected chi connectivity index (χ1v) is 7.08. The summed E-state index contributed by atoms with van der Waals surface area (Å²) in [4.78, 5) is 26.5. The fourth-order valence-electron chi connectivity index (χ4n) is 2.04. The summed E-state index contributed by atoms with van der Waals surface area (Å²) in [5.41, 5.74) is 0.843. The van der Waals surface area contributed by atoms with Gasteiger partial charge in [0, 0.05) is 36.7 Å². The van der Waals surface area contributed by atoms with Gasteiger partial charge >= 0.3 is 0 Å². The predicted molar refractivity (Wildman–Crippen MR) is 84.7 cm³/mol. The van der Waals surface area contributed by atoms with Gasteiger partial charge in [0.05, 0.1) is 12.8 Å². The van der Waals surface area contributed by atoms with Crippen LogP contribution in [0.2, 0.25) is 0 Å². The average molecular weight is 304 g/mol. The minimum atomic E-state index is -0.269. The summed E-state index contributed by atoms with van der Waals surface area (Å²) in [6.45, 7) is 4.85. The van der Waals surface area contributed by atoms with Gasteiger partial charge in [0.2, 0.25) is 5.91 Å². The second-order valence-corrected chi connectivity index (χ2v) is 5.16. The number of fused-ring (bicyclic) bond motifs is 1. The van der Waals surface area contributed by atoms with E-state index in [-0.39, 0.29) is 17.5 Å². The van der Waals surface area contributed by atoms with Crippen molar-refractivity contribution in [3.63, 3.8) is 0 Å². The van der Waals surface area contributed by atoms with Crippen molar-refractivity contribution in [1.29, 1.82) is 0 Å². The van der Waals surface area contributed by atoms with Gasteiger partial charge < -0.3 is 15.0 Å². The van der Waals surface area contributed by atoms with E-state index in [0.29, 0.717) is 24.4 Å². The molecule has 0 radical (unpaired) electrons. The van der Waals surface area contributed by atoms with Crippen molar-refractivity contribution in [2.24, 2.45) is 0 Å². The van der Waals surface area contributed by atoms with Crippen molar-refractivity contribution in [2.45, 2.75) is 19.9 Å². The van der Waals surface area contributed by atoms with Crippen LogP contribution >= 0.6 is 0 Å². The molecule has 7 nitrogen and oxygen atoms in total. The Labute approximate surface area is 128 Å². The molecule has 0 saturated carbocycles. The number of ether oxygens (including phenoxy) is 1. The van der Waals surface area contributed by atoms with Crippen LogP contribution in [0.15, 0.2) is 23.1 Å². The molecule has 0 spiro atoms. The molecular formula is C15H20N4O3. The summed E-state index contributed by atoms with van der Waals surface area (Å²) in [6.07, 6.45) is 4.52. The standard InChI is InChI=1S/C15H20N4O3/c1-10(2)19-14-12(9-17-19)8-11(15(21)18-14)4-5-13(20)16-6-7-22-3/h4-5,8-10H,6-7H2,1-3H3,(H,16,20)(H,18,21)/b5-4+. The Balaban J connectivity index is 2.20. The maximum absolute atomic E-state index is 12.1. The number of methoxy groups -OCH3 is 1. The van der Waals surface area contributed by atoms with Crippen LogP contribution in [0.4, 0.5) is 0 Å². The minimum absolute atomic E-state index is 0.154. The highest BCUT2D eigenvalue weighted by Gasteiger charge is 2.08. The van der Waals surface area contributed by atoms with Gasteiger partial charge in [0.25, 0.3) is 5.56 Å². The van der Waals surface area contributed by atoms with Crippen LogP contribution in [0.25, 0.3) is 17.1 Å². The number of aromatic amines is 1. The van der Waals surface area contributed by atoms with Gasteiger partial charge in [-0.05, 0) is 26.0 Å². The number of hydrogen-bond donors (Lipinski definition) is 2. The van der Waals surface area contributed by atoms with Gasteiger partial charge in [0.15, 0.2) is 0 Å². The molecule has 0 saturated heterocycles. The van der Waals surface area contributed by atoms with Crippen LogP contribution in [-0.4, -0.2) is 40.9 Å². The summed E-state index contributed by atoms with van der Waals surface area (Å²) in [5, 5.41) is 7.73. The Morgan fingerprint density at radius 2 is 2.32 bits per heavy atom. The third-order valence-electron chi connectivity index (χ3n) is 3.14. The molecule has 118 valence electrons. The van der Waals surface area contributed by atoms with Crippen molar-refractivity contribution in [3.8, 4) is 0 Å². The summed E-state index contributed by atoms with van der Waals surface area (Å²) in [5.74, 6) is -0.269. The lowest BCUT2D eigenvalue weighted by molar-refractivity contribution is -0.116. The zero-order chi connectivity index (χ0) is 16.1. The summed E-state index contributed by atoms with van der Waals surface area (Å²) >= 11 is 0. The predicted octanol–water partition coefficient (Wildman–Crippen LogP) is 1.08. The van der Waals surface area contributed by atoms with Crippen molar-refractivity contribution in [1.82, 2.24) is 20.1 Å². The number of carbonyl (C=O) groups is 1. The highest BCUT2D eigenvalue weighted by Crippen LogP contribution is 2.15. The van der Waals surface area contributed by atoms with Crippen molar-refractivity contribution in [2.75, 3.05) is 20.3 Å². The number of rotatable bonds is 6. The number of nitrogens with zero attached hydrogens (tertiary/aromatic N) is 2. The quantitative estimate of drug-likeness (QED) is 0.617. The van der Waals surface area contributed by atoms with Gasteiger partial charge in [-0.2, -0.15) is 5.10 Å². The minimum Gasteiger partial charge on any atom is -0.383 e. The molecule has 0 aromatic carbocycles. The molecule has 2 heterocycles. The number of aromatic nitrogens is 3. The Morgan fingerprint density at radius 1 is 1.55 bits per heavy atom. The van der Waals surface area contributed by atoms with Gasteiger partial charge in [-0.3, -0.25) is 9.59 Å². The molecular weight excluding hydrogens is 284 g/mol. The van der Waals surface area contributed by atoms with E-state index in [4.69, 9.17) is 4.74 Å². The van der Waals surface area contributed by atoms with Crippen molar-refractivity contribution < 1.29 is 9.53 Å². The second kappa shape index (κ2) is 7.04. The van der Waals surface area contributed by atoms with E-state index >= 15 is 0 Å². The fraction of sp³-hybridized carbons (Fsp3) is 0.400. The largest absolute Gasteiger partial charge is 0.383 e. The molecule has 0 aliphatic carbocycles. The van der Waals surface area contributed by atoms with Crippen molar-refractivity contribution >= 4 is 23.0 Å². The highest BCUT2D eigenvalue weighted by atomic mass is 16.5. The SMILES string of the molecule is COCCNC(=O)/C=C/c1cc2cnn(C(C)C)c2[nH]c1=O. The lowest BCUT2D eigenvalue weighted by atomic mass is 10.2. The first-order chi connectivity index (χ1) is 10.5. The van der Waals surface area contributed by atoms with Crippen LogP contribution in [0.1, 0.15) is 25.5 Å². The molecule has 0 aliphatic rings. The van der Waals surface area contributed by atoms with Crippen LogP contribution in [0.5, 0.6) is 0 Å². The molecule has 0 atom stereocenters. The van der Waals surface area contributed by atoms with Gasteiger partial charge in [0.1, 0.15) is 5.65 Å². The topological polar surface area (TPSA) is 89.0 Å². The maximum Gasteiger partial charge on any atom is 0.256 e. The first kappa shape index (κ1) is 16.0. The maximum atomic E-state index is 12.1. The molecule has 0 bridgehead atoms. The lowest BCUT2D eigenvalue weighted by Crippen LogP contribution is -2.25. The number of carbonyl (C=O) groups excluding carboxylic acids is 1. The number of pyridine rings is 1. The fourth-order valence-corrected chi connectivity index (χ4v) is 2.04. The Morgan fingerprint density at radius 3 is 3.00 bits per heavy atom. The third kappa shape index (κ3) is 3.62. The van der Waals surface area contributed by atoms with Gasteiger partial charge in [-0.25, -0.2) is 4.68 Å². The van der Waals surface area contributed by atoms with Crippen LogP contribution in [-0.2, 0) is 9.53 Å². The molecule has 0 fully saturated rings. The van der Waals surface area contributed by atoms with Gasteiger partial charge in [-0.1, -0.05) is 0 Å². The molecule has 1 amide bonds. The monoisotopic (exact) mass is 304 g/mol. The molecule has 2 rings (SSSR count). The molecule has 0 aliphatic heterocycles. The van der Waals surface area contributed by atoms with Gasteiger partial charge in [-0.15, -0.1) is 0 Å². The summed E-state index contributed by atoms with van der Waals surface area (Å²) in [7, 11) is 1.56. The third-order valence-corrected chi connectivity index (χ3v) is 3.14. The molecule has 0 unspecified atom stereocenters. The molecule has 22 heavy (non-hydrogen) atoms. The van der Waals surface area contributed by atoms with E-state index in [1.54, 1.807) is 24.1 Å². The zero-order valence-corrected chi connectivity index (χ0v) is 12.9. The highest BCUT2D eigenvalue weighted by molar-refractivity contribution is 5.92. The summed E-state index contributed by atoms with van der Waals surface area (Å²) in [6, 6.07) is 1.88. The number of amides is 1. The Bertz CT molecular complexity index is 743.